The Kier molecular flexibility index (Phi) is 56.8. The fourth-order valence-corrected chi connectivity index (χ4v) is 8.88. The van der Waals surface area contributed by atoms with Gasteiger partial charge in [-0.2, -0.15) is 0 Å². The van der Waals surface area contributed by atoms with Gasteiger partial charge in [-0.05, 0) is 57.8 Å². The van der Waals surface area contributed by atoms with Gasteiger partial charge in [-0.15, -0.1) is 0 Å². The van der Waals surface area contributed by atoms with E-state index < -0.39 is 6.10 Å². The van der Waals surface area contributed by atoms with Gasteiger partial charge in [0, 0.05) is 12.8 Å². The molecule has 0 aliphatic heterocycles. The minimum atomic E-state index is -0.767. The summed E-state index contributed by atoms with van der Waals surface area (Å²) in [5.74, 6) is -0.574. The van der Waals surface area contributed by atoms with Crippen molar-refractivity contribution in [2.45, 2.75) is 315 Å². The Balaban J connectivity index is 3.37. The third-order valence-corrected chi connectivity index (χ3v) is 13.3. The maximum absolute atomic E-state index is 12.3. The summed E-state index contributed by atoms with van der Waals surface area (Å²) in [6.45, 7) is 4.05. The first-order valence-corrected chi connectivity index (χ1v) is 29.8. The number of carbonyl (C=O) groups is 2. The van der Waals surface area contributed by atoms with Crippen LogP contribution in [0.5, 0.6) is 0 Å². The SMILES string of the molecule is CC/C=C\C/C=C\C/C=C\C/C=C\C/C=C\CCCCCCCCCCCCCCCCCCCCCCCCCCCC(=O)OC(CO)COC(=O)CCCCCCCCCCCCCCC. The second-order valence-corrected chi connectivity index (χ2v) is 20.1. The maximum atomic E-state index is 12.3. The van der Waals surface area contributed by atoms with Gasteiger partial charge in [0.05, 0.1) is 6.61 Å². The number of hydrogen-bond acceptors (Lipinski definition) is 5. The number of esters is 2. The Morgan fingerprint density at radius 3 is 0.956 bits per heavy atom. The van der Waals surface area contributed by atoms with E-state index in [9.17, 15) is 14.7 Å². The van der Waals surface area contributed by atoms with Crippen LogP contribution in [0.4, 0.5) is 0 Å². The van der Waals surface area contributed by atoms with Crippen molar-refractivity contribution in [1.29, 1.82) is 0 Å². The first kappa shape index (κ1) is 65.6. The maximum Gasteiger partial charge on any atom is 0.306 e. The highest BCUT2D eigenvalue weighted by atomic mass is 16.6. The van der Waals surface area contributed by atoms with Crippen molar-refractivity contribution in [3.63, 3.8) is 0 Å². The molecule has 0 aromatic rings. The average molecular weight is 952 g/mol. The lowest BCUT2D eigenvalue weighted by molar-refractivity contribution is -0.161. The molecular weight excluding hydrogens is 837 g/mol. The summed E-state index contributed by atoms with van der Waals surface area (Å²) in [5, 5.41) is 9.63. The van der Waals surface area contributed by atoms with E-state index in [1.165, 1.54) is 212 Å². The number of ether oxygens (including phenoxy) is 2. The fourth-order valence-electron chi connectivity index (χ4n) is 8.88. The van der Waals surface area contributed by atoms with Crippen molar-refractivity contribution in [2.75, 3.05) is 13.2 Å². The van der Waals surface area contributed by atoms with Crippen LogP contribution >= 0.6 is 0 Å². The van der Waals surface area contributed by atoms with Crippen LogP contribution in [0.3, 0.4) is 0 Å². The van der Waals surface area contributed by atoms with Gasteiger partial charge in [0.1, 0.15) is 6.61 Å². The number of rotatable bonds is 55. The summed E-state index contributed by atoms with van der Waals surface area (Å²) < 4.78 is 10.7. The van der Waals surface area contributed by atoms with E-state index in [1.807, 2.05) is 0 Å². The molecule has 0 spiro atoms. The van der Waals surface area contributed by atoms with Crippen LogP contribution < -0.4 is 0 Å². The molecule has 1 atom stereocenters. The molecule has 0 aromatic carbocycles. The number of hydrogen-bond donors (Lipinski definition) is 1. The molecule has 0 saturated heterocycles. The summed E-state index contributed by atoms with van der Waals surface area (Å²) in [6.07, 6.45) is 79.4. The molecule has 0 rings (SSSR count). The molecule has 0 heterocycles. The van der Waals surface area contributed by atoms with E-state index in [4.69, 9.17) is 9.47 Å². The summed E-state index contributed by atoms with van der Waals surface area (Å²) in [5.41, 5.74) is 0. The van der Waals surface area contributed by atoms with Gasteiger partial charge in [0.25, 0.3) is 0 Å². The standard InChI is InChI=1S/C63H114O5/c1-3-5-7-9-11-13-15-17-18-19-20-21-22-23-24-25-26-27-28-29-30-31-32-33-34-35-36-37-38-39-40-41-42-43-44-46-48-50-52-54-56-58-63(66)68-61(59-64)60-67-62(65)57-55-53-51-49-47-45-16-14-12-10-8-6-4-2/h5,7,11,13,17-18,20-21,23-24,61,64H,3-4,6,8-10,12,14-16,19,22,25-60H2,1-2H3/b7-5-,13-11-,18-17-,21-20-,24-23-. The molecule has 0 saturated carbocycles. The normalized spacial score (nSPS) is 12.6. The smallest absolute Gasteiger partial charge is 0.306 e. The largest absolute Gasteiger partial charge is 0.462 e. The zero-order valence-corrected chi connectivity index (χ0v) is 45.4. The molecule has 5 nitrogen and oxygen atoms in total. The molecule has 1 N–H and O–H groups in total. The van der Waals surface area contributed by atoms with Gasteiger partial charge in [-0.1, -0.05) is 299 Å². The van der Waals surface area contributed by atoms with Crippen molar-refractivity contribution in [2.24, 2.45) is 0 Å². The number of allylic oxidation sites excluding steroid dienone is 10. The molecule has 0 aliphatic rings. The predicted octanol–water partition coefficient (Wildman–Crippen LogP) is 20.2. The predicted molar refractivity (Wildman–Crippen MR) is 297 cm³/mol. The van der Waals surface area contributed by atoms with E-state index in [-0.39, 0.29) is 25.2 Å². The Morgan fingerprint density at radius 2 is 0.632 bits per heavy atom. The van der Waals surface area contributed by atoms with Crippen LogP contribution in [0.1, 0.15) is 309 Å². The Morgan fingerprint density at radius 1 is 0.353 bits per heavy atom. The molecule has 0 radical (unpaired) electrons. The molecule has 396 valence electrons. The van der Waals surface area contributed by atoms with Gasteiger partial charge < -0.3 is 14.6 Å². The van der Waals surface area contributed by atoms with Crippen molar-refractivity contribution < 1.29 is 24.2 Å². The zero-order valence-electron chi connectivity index (χ0n) is 45.4. The Labute approximate surface area is 423 Å². The lowest BCUT2D eigenvalue weighted by Gasteiger charge is -2.15. The van der Waals surface area contributed by atoms with Crippen LogP contribution in [0.15, 0.2) is 60.8 Å². The monoisotopic (exact) mass is 951 g/mol. The van der Waals surface area contributed by atoms with E-state index in [2.05, 4.69) is 74.6 Å². The molecule has 0 fully saturated rings. The molecule has 68 heavy (non-hydrogen) atoms. The highest BCUT2D eigenvalue weighted by Gasteiger charge is 2.16. The minimum Gasteiger partial charge on any atom is -0.462 e. The van der Waals surface area contributed by atoms with Crippen molar-refractivity contribution in [3.05, 3.63) is 60.8 Å². The second-order valence-electron chi connectivity index (χ2n) is 20.1. The lowest BCUT2D eigenvalue weighted by atomic mass is 10.0. The van der Waals surface area contributed by atoms with Crippen LogP contribution in [0.2, 0.25) is 0 Å². The number of carbonyl (C=O) groups excluding carboxylic acids is 2. The fraction of sp³-hybridized carbons (Fsp3) is 0.810. The number of aliphatic hydroxyl groups is 1. The molecule has 0 amide bonds. The number of aliphatic hydroxyl groups excluding tert-OH is 1. The zero-order chi connectivity index (χ0) is 49.2. The molecule has 0 aromatic heterocycles. The molecule has 0 aliphatic carbocycles. The average Bonchev–Trinajstić information content (AvgIpc) is 3.34. The third-order valence-electron chi connectivity index (χ3n) is 13.3. The first-order valence-electron chi connectivity index (χ1n) is 29.8. The molecule has 5 heteroatoms. The third kappa shape index (κ3) is 56.2. The van der Waals surface area contributed by atoms with Crippen LogP contribution in [0.25, 0.3) is 0 Å². The quantitative estimate of drug-likeness (QED) is 0.0374. The minimum absolute atomic E-state index is 0.0598. The molecule has 0 bridgehead atoms. The number of unbranched alkanes of at least 4 members (excludes halogenated alkanes) is 37. The molecular formula is C63H114O5. The lowest BCUT2D eigenvalue weighted by Crippen LogP contribution is -2.28. The van der Waals surface area contributed by atoms with Gasteiger partial charge >= 0.3 is 11.9 Å². The highest BCUT2D eigenvalue weighted by molar-refractivity contribution is 5.70. The van der Waals surface area contributed by atoms with Gasteiger partial charge in [-0.25, -0.2) is 0 Å². The van der Waals surface area contributed by atoms with Crippen molar-refractivity contribution in [3.8, 4) is 0 Å². The van der Waals surface area contributed by atoms with E-state index >= 15 is 0 Å². The highest BCUT2D eigenvalue weighted by Crippen LogP contribution is 2.18. The van der Waals surface area contributed by atoms with E-state index in [0.29, 0.717) is 12.8 Å². The van der Waals surface area contributed by atoms with Crippen LogP contribution in [0, 0.1) is 0 Å². The molecule has 1 unspecified atom stereocenters. The van der Waals surface area contributed by atoms with Crippen molar-refractivity contribution >= 4 is 11.9 Å². The topological polar surface area (TPSA) is 72.8 Å². The Bertz CT molecular complexity index is 1170. The summed E-state index contributed by atoms with van der Waals surface area (Å²) in [7, 11) is 0. The van der Waals surface area contributed by atoms with Crippen molar-refractivity contribution in [1.82, 2.24) is 0 Å². The van der Waals surface area contributed by atoms with Crippen LogP contribution in [-0.4, -0.2) is 36.4 Å². The Hall–Kier alpha value is -2.40. The van der Waals surface area contributed by atoms with E-state index in [0.717, 1.165) is 70.6 Å². The second kappa shape index (κ2) is 58.9. The van der Waals surface area contributed by atoms with Gasteiger partial charge in [0.2, 0.25) is 0 Å². The summed E-state index contributed by atoms with van der Waals surface area (Å²) in [6, 6.07) is 0. The van der Waals surface area contributed by atoms with Gasteiger partial charge in [-0.3, -0.25) is 9.59 Å². The van der Waals surface area contributed by atoms with Crippen LogP contribution in [-0.2, 0) is 19.1 Å². The summed E-state index contributed by atoms with van der Waals surface area (Å²) >= 11 is 0. The van der Waals surface area contributed by atoms with E-state index in [1.54, 1.807) is 0 Å². The van der Waals surface area contributed by atoms with Gasteiger partial charge in [0.15, 0.2) is 6.10 Å². The first-order chi connectivity index (χ1) is 33.6. The summed E-state index contributed by atoms with van der Waals surface area (Å²) in [4.78, 5) is 24.4.